The zero-order valence-corrected chi connectivity index (χ0v) is 12.2. The number of hydrogen-bond acceptors (Lipinski definition) is 3. The van der Waals surface area contributed by atoms with Crippen molar-refractivity contribution >= 4 is 11.7 Å². The highest BCUT2D eigenvalue weighted by Crippen LogP contribution is 2.22. The van der Waals surface area contributed by atoms with Crippen molar-refractivity contribution in [3.8, 4) is 5.75 Å². The second-order valence-corrected chi connectivity index (χ2v) is 4.87. The van der Waals surface area contributed by atoms with Gasteiger partial charge in [-0.15, -0.1) is 0 Å². The SMILES string of the molecule is COc1ccc(NCc2ccccc2CC(=O)O)c(C)c1. The molecular weight excluding hydrogens is 266 g/mol. The molecule has 2 aromatic carbocycles. The van der Waals surface area contributed by atoms with Crippen LogP contribution in [0.5, 0.6) is 5.75 Å². The van der Waals surface area contributed by atoms with Crippen LogP contribution >= 0.6 is 0 Å². The average molecular weight is 285 g/mol. The standard InChI is InChI=1S/C17H19NO3/c1-12-9-15(21-2)7-8-16(12)18-11-14-6-4-3-5-13(14)10-17(19)20/h3-9,18H,10-11H2,1-2H3,(H,19,20). The monoisotopic (exact) mass is 285 g/mol. The molecule has 2 N–H and O–H groups in total. The Labute approximate surface area is 124 Å². The Balaban J connectivity index is 2.11. The maximum Gasteiger partial charge on any atom is 0.307 e. The zero-order chi connectivity index (χ0) is 15.2. The van der Waals surface area contributed by atoms with Gasteiger partial charge in [-0.1, -0.05) is 24.3 Å². The van der Waals surface area contributed by atoms with Crippen molar-refractivity contribution in [3.63, 3.8) is 0 Å². The van der Waals surface area contributed by atoms with E-state index in [-0.39, 0.29) is 6.42 Å². The van der Waals surface area contributed by atoms with Crippen LogP contribution in [0.2, 0.25) is 0 Å². The van der Waals surface area contributed by atoms with E-state index < -0.39 is 5.97 Å². The first-order chi connectivity index (χ1) is 10.1. The van der Waals surface area contributed by atoms with Crippen LogP contribution in [-0.2, 0) is 17.8 Å². The lowest BCUT2D eigenvalue weighted by molar-refractivity contribution is -0.136. The van der Waals surface area contributed by atoms with Gasteiger partial charge in [0.15, 0.2) is 0 Å². The fraction of sp³-hybridized carbons (Fsp3) is 0.235. The Morgan fingerprint density at radius 1 is 1.19 bits per heavy atom. The summed E-state index contributed by atoms with van der Waals surface area (Å²) in [5.41, 5.74) is 3.93. The normalized spacial score (nSPS) is 10.2. The minimum absolute atomic E-state index is 0.0411. The number of carbonyl (C=O) groups is 1. The molecule has 0 aliphatic rings. The van der Waals surface area contributed by atoms with E-state index >= 15 is 0 Å². The second-order valence-electron chi connectivity index (χ2n) is 4.87. The number of hydrogen-bond donors (Lipinski definition) is 2. The zero-order valence-electron chi connectivity index (χ0n) is 12.2. The molecule has 0 unspecified atom stereocenters. The van der Waals surface area contributed by atoms with E-state index in [0.717, 1.165) is 28.1 Å². The maximum atomic E-state index is 10.9. The molecule has 0 saturated heterocycles. The largest absolute Gasteiger partial charge is 0.497 e. The van der Waals surface area contributed by atoms with Gasteiger partial charge in [-0.05, 0) is 41.8 Å². The number of benzene rings is 2. The second kappa shape index (κ2) is 6.79. The summed E-state index contributed by atoms with van der Waals surface area (Å²) in [6.45, 7) is 2.60. The Kier molecular flexibility index (Phi) is 4.82. The molecule has 0 saturated carbocycles. The van der Waals surface area contributed by atoms with Crippen LogP contribution in [-0.4, -0.2) is 18.2 Å². The fourth-order valence-corrected chi connectivity index (χ4v) is 2.22. The van der Waals surface area contributed by atoms with E-state index in [4.69, 9.17) is 9.84 Å². The number of aliphatic carboxylic acids is 1. The molecule has 0 spiro atoms. The van der Waals surface area contributed by atoms with Crippen LogP contribution < -0.4 is 10.1 Å². The highest BCUT2D eigenvalue weighted by Gasteiger charge is 2.07. The topological polar surface area (TPSA) is 58.6 Å². The number of nitrogens with one attached hydrogen (secondary N) is 1. The lowest BCUT2D eigenvalue weighted by atomic mass is 10.0. The Morgan fingerprint density at radius 3 is 2.52 bits per heavy atom. The molecule has 2 aromatic rings. The first kappa shape index (κ1) is 14.9. The summed E-state index contributed by atoms with van der Waals surface area (Å²) < 4.78 is 5.18. The third-order valence-electron chi connectivity index (χ3n) is 3.36. The molecule has 0 aliphatic carbocycles. The van der Waals surface area contributed by atoms with Crippen molar-refractivity contribution in [2.75, 3.05) is 12.4 Å². The summed E-state index contributed by atoms with van der Waals surface area (Å²) in [5.74, 6) is 0.00686. The molecule has 0 fully saturated rings. The number of aryl methyl sites for hydroxylation is 1. The van der Waals surface area contributed by atoms with E-state index in [1.165, 1.54) is 0 Å². The molecule has 0 bridgehead atoms. The highest BCUT2D eigenvalue weighted by molar-refractivity contribution is 5.70. The summed E-state index contributed by atoms with van der Waals surface area (Å²) in [6, 6.07) is 13.4. The lowest BCUT2D eigenvalue weighted by Crippen LogP contribution is -2.07. The van der Waals surface area contributed by atoms with Crippen molar-refractivity contribution in [2.45, 2.75) is 19.9 Å². The number of carboxylic acids is 1. The van der Waals surface area contributed by atoms with Gasteiger partial charge in [0.2, 0.25) is 0 Å². The molecule has 110 valence electrons. The molecule has 0 atom stereocenters. The van der Waals surface area contributed by atoms with Crippen LogP contribution in [0.25, 0.3) is 0 Å². The van der Waals surface area contributed by atoms with Gasteiger partial charge in [-0.2, -0.15) is 0 Å². The van der Waals surface area contributed by atoms with Crippen LogP contribution in [0.15, 0.2) is 42.5 Å². The van der Waals surface area contributed by atoms with E-state index in [1.807, 2.05) is 49.4 Å². The number of carboxylic acid groups (broad SMARTS) is 1. The van der Waals surface area contributed by atoms with Crippen molar-refractivity contribution < 1.29 is 14.6 Å². The van der Waals surface area contributed by atoms with Gasteiger partial charge in [0.1, 0.15) is 5.75 Å². The van der Waals surface area contributed by atoms with E-state index in [0.29, 0.717) is 6.54 Å². The van der Waals surface area contributed by atoms with Crippen molar-refractivity contribution in [1.82, 2.24) is 0 Å². The summed E-state index contributed by atoms with van der Waals surface area (Å²) >= 11 is 0. The van der Waals surface area contributed by atoms with Gasteiger partial charge in [0.25, 0.3) is 0 Å². The van der Waals surface area contributed by atoms with Gasteiger partial charge < -0.3 is 15.2 Å². The number of rotatable bonds is 6. The van der Waals surface area contributed by atoms with Crippen LogP contribution in [0.4, 0.5) is 5.69 Å². The van der Waals surface area contributed by atoms with E-state index in [1.54, 1.807) is 7.11 Å². The first-order valence-corrected chi connectivity index (χ1v) is 6.77. The third kappa shape index (κ3) is 3.99. The van der Waals surface area contributed by atoms with Crippen LogP contribution in [0, 0.1) is 6.92 Å². The Morgan fingerprint density at radius 2 is 1.90 bits per heavy atom. The van der Waals surface area contributed by atoms with Crippen molar-refractivity contribution in [1.29, 1.82) is 0 Å². The molecule has 21 heavy (non-hydrogen) atoms. The van der Waals surface area contributed by atoms with Crippen molar-refractivity contribution in [3.05, 3.63) is 59.2 Å². The first-order valence-electron chi connectivity index (χ1n) is 6.77. The smallest absolute Gasteiger partial charge is 0.307 e. The molecule has 0 amide bonds. The van der Waals surface area contributed by atoms with Gasteiger partial charge >= 0.3 is 5.97 Å². The van der Waals surface area contributed by atoms with Crippen LogP contribution in [0.1, 0.15) is 16.7 Å². The summed E-state index contributed by atoms with van der Waals surface area (Å²) in [6.07, 6.45) is 0.0411. The maximum absolute atomic E-state index is 10.9. The molecule has 4 nitrogen and oxygen atoms in total. The van der Waals surface area contributed by atoms with E-state index in [9.17, 15) is 4.79 Å². The number of anilines is 1. The fourth-order valence-electron chi connectivity index (χ4n) is 2.22. The Hall–Kier alpha value is -2.49. The summed E-state index contributed by atoms with van der Waals surface area (Å²) in [5, 5.41) is 12.3. The third-order valence-corrected chi connectivity index (χ3v) is 3.36. The highest BCUT2D eigenvalue weighted by atomic mass is 16.5. The predicted octanol–water partition coefficient (Wildman–Crippen LogP) is 3.24. The molecule has 0 aromatic heterocycles. The van der Waals surface area contributed by atoms with Gasteiger partial charge in [0, 0.05) is 12.2 Å². The summed E-state index contributed by atoms with van der Waals surface area (Å²) in [4.78, 5) is 10.9. The summed E-state index contributed by atoms with van der Waals surface area (Å²) in [7, 11) is 1.64. The number of methoxy groups -OCH3 is 1. The molecule has 4 heteroatoms. The average Bonchev–Trinajstić information content (AvgIpc) is 2.46. The minimum atomic E-state index is -0.817. The molecule has 0 heterocycles. The van der Waals surface area contributed by atoms with Gasteiger partial charge in [-0.25, -0.2) is 0 Å². The van der Waals surface area contributed by atoms with Gasteiger partial charge in [0.05, 0.1) is 13.5 Å². The van der Waals surface area contributed by atoms with Gasteiger partial charge in [-0.3, -0.25) is 4.79 Å². The number of ether oxygens (including phenoxy) is 1. The quantitative estimate of drug-likeness (QED) is 0.855. The van der Waals surface area contributed by atoms with Crippen LogP contribution in [0.3, 0.4) is 0 Å². The predicted molar refractivity (Wildman–Crippen MR) is 82.8 cm³/mol. The Bertz CT molecular complexity index is 638. The van der Waals surface area contributed by atoms with E-state index in [2.05, 4.69) is 5.32 Å². The molecular formula is C17H19NO3. The molecule has 0 aliphatic heterocycles. The van der Waals surface area contributed by atoms with Crippen molar-refractivity contribution in [2.24, 2.45) is 0 Å². The minimum Gasteiger partial charge on any atom is -0.497 e. The lowest BCUT2D eigenvalue weighted by Gasteiger charge is -2.13. The molecule has 0 radical (unpaired) electrons. The molecule has 2 rings (SSSR count).